The van der Waals surface area contributed by atoms with Crippen molar-refractivity contribution in [3.63, 3.8) is 0 Å². The minimum atomic E-state index is -2.53. The molecule has 3 nitrogen and oxygen atoms in total. The standard InChI is InChI=1S/C25H33NO2Si/c1-24(2,3)29(22-11-6-4-7-12-22,23-13-8-5-9-14-23)28-20-25-16-10-18-26(25)21(19-27)15-17-25/h4-9,11-14,19,21H,10,15-18,20H2,1-3H3/t21-,25-/m0/s1. The van der Waals surface area contributed by atoms with Gasteiger partial charge in [-0.1, -0.05) is 81.4 Å². The largest absolute Gasteiger partial charge is 0.406 e. The lowest BCUT2D eigenvalue weighted by molar-refractivity contribution is -0.112. The van der Waals surface area contributed by atoms with Crippen LogP contribution in [-0.4, -0.2) is 44.2 Å². The van der Waals surface area contributed by atoms with Crippen molar-refractivity contribution in [3.05, 3.63) is 60.7 Å². The maximum Gasteiger partial charge on any atom is 0.261 e. The fraction of sp³-hybridized carbons (Fsp3) is 0.480. The van der Waals surface area contributed by atoms with Crippen LogP contribution in [0.1, 0.15) is 46.5 Å². The molecule has 0 bridgehead atoms. The van der Waals surface area contributed by atoms with Crippen LogP contribution in [-0.2, 0) is 9.22 Å². The molecule has 0 aromatic heterocycles. The zero-order chi connectivity index (χ0) is 20.5. The fourth-order valence-electron chi connectivity index (χ4n) is 5.69. The average Bonchev–Trinajstić information content (AvgIpc) is 3.28. The highest BCUT2D eigenvalue weighted by molar-refractivity contribution is 6.99. The molecule has 0 N–H and O–H groups in total. The fourth-order valence-corrected chi connectivity index (χ4v) is 10.3. The first-order valence-electron chi connectivity index (χ1n) is 10.9. The molecule has 29 heavy (non-hydrogen) atoms. The summed E-state index contributed by atoms with van der Waals surface area (Å²) in [7, 11) is -2.53. The number of fused-ring (bicyclic) bond motifs is 1. The molecule has 4 heteroatoms. The summed E-state index contributed by atoms with van der Waals surface area (Å²) in [6, 6.07) is 21.8. The molecule has 2 aromatic carbocycles. The van der Waals surface area contributed by atoms with Crippen LogP contribution in [0.15, 0.2) is 60.7 Å². The molecule has 2 saturated heterocycles. The SMILES string of the molecule is CC(C)(C)[Si](OC[C@@]12CCCN1[C@H](C=O)CC2)(c1ccccc1)c1ccccc1. The van der Waals surface area contributed by atoms with E-state index in [0.29, 0.717) is 6.61 Å². The Morgan fingerprint density at radius 2 is 1.62 bits per heavy atom. The molecule has 0 amide bonds. The Morgan fingerprint density at radius 1 is 1.03 bits per heavy atom. The Bertz CT molecular complexity index is 793. The Morgan fingerprint density at radius 3 is 2.14 bits per heavy atom. The third-order valence-electron chi connectivity index (χ3n) is 7.09. The maximum absolute atomic E-state index is 11.6. The summed E-state index contributed by atoms with van der Waals surface area (Å²) in [4.78, 5) is 14.1. The highest BCUT2D eigenvalue weighted by Crippen LogP contribution is 2.44. The first kappa shape index (κ1) is 20.5. The second-order valence-corrected chi connectivity index (χ2v) is 14.0. The first-order valence-corrected chi connectivity index (χ1v) is 12.8. The monoisotopic (exact) mass is 407 g/mol. The molecule has 2 aliphatic rings. The molecule has 2 heterocycles. The maximum atomic E-state index is 11.6. The lowest BCUT2D eigenvalue weighted by atomic mass is 9.95. The van der Waals surface area contributed by atoms with Gasteiger partial charge in [-0.3, -0.25) is 4.90 Å². The molecule has 0 saturated carbocycles. The van der Waals surface area contributed by atoms with E-state index in [9.17, 15) is 4.79 Å². The van der Waals surface area contributed by atoms with Crippen molar-refractivity contribution in [2.24, 2.45) is 0 Å². The van der Waals surface area contributed by atoms with Gasteiger partial charge in [-0.05, 0) is 47.6 Å². The van der Waals surface area contributed by atoms with Crippen molar-refractivity contribution < 1.29 is 9.22 Å². The van der Waals surface area contributed by atoms with E-state index < -0.39 is 8.32 Å². The number of rotatable bonds is 6. The van der Waals surface area contributed by atoms with Crippen molar-refractivity contribution in [2.75, 3.05) is 13.2 Å². The van der Waals surface area contributed by atoms with Gasteiger partial charge in [-0.15, -0.1) is 0 Å². The number of hydrogen-bond donors (Lipinski definition) is 0. The summed E-state index contributed by atoms with van der Waals surface area (Å²) in [6.07, 6.45) is 5.47. The van der Waals surface area contributed by atoms with Crippen LogP contribution >= 0.6 is 0 Å². The zero-order valence-corrected chi connectivity index (χ0v) is 18.9. The minimum absolute atomic E-state index is 0.0154. The van der Waals surface area contributed by atoms with Gasteiger partial charge in [0.05, 0.1) is 12.6 Å². The second kappa shape index (κ2) is 7.82. The lowest BCUT2D eigenvalue weighted by Crippen LogP contribution is -2.68. The van der Waals surface area contributed by atoms with Gasteiger partial charge >= 0.3 is 0 Å². The van der Waals surface area contributed by atoms with Gasteiger partial charge in [0.2, 0.25) is 0 Å². The molecule has 2 aliphatic heterocycles. The Kier molecular flexibility index (Phi) is 5.53. The van der Waals surface area contributed by atoms with Crippen molar-refractivity contribution in [1.29, 1.82) is 0 Å². The summed E-state index contributed by atoms with van der Waals surface area (Å²) in [5.41, 5.74) is 0.0264. The molecular formula is C25H33NO2Si. The van der Waals surface area contributed by atoms with Crippen LogP contribution in [0.3, 0.4) is 0 Å². The molecule has 0 unspecified atom stereocenters. The molecule has 0 aliphatic carbocycles. The van der Waals surface area contributed by atoms with E-state index in [1.165, 1.54) is 10.4 Å². The van der Waals surface area contributed by atoms with Crippen molar-refractivity contribution in [3.8, 4) is 0 Å². The van der Waals surface area contributed by atoms with E-state index in [1.54, 1.807) is 0 Å². The highest BCUT2D eigenvalue weighted by atomic mass is 28.4. The quantitative estimate of drug-likeness (QED) is 0.539. The molecule has 0 radical (unpaired) electrons. The van der Waals surface area contributed by atoms with Gasteiger partial charge < -0.3 is 9.22 Å². The van der Waals surface area contributed by atoms with Crippen LogP contribution in [0, 0.1) is 0 Å². The minimum Gasteiger partial charge on any atom is -0.406 e. The van der Waals surface area contributed by atoms with Crippen molar-refractivity contribution >= 4 is 25.0 Å². The predicted molar refractivity (Wildman–Crippen MR) is 121 cm³/mol. The summed E-state index contributed by atoms with van der Waals surface area (Å²) in [5, 5.41) is 2.63. The van der Waals surface area contributed by atoms with Crippen LogP contribution < -0.4 is 10.4 Å². The summed E-state index contributed by atoms with van der Waals surface area (Å²) in [6.45, 7) is 8.71. The third kappa shape index (κ3) is 3.41. The van der Waals surface area contributed by atoms with Crippen molar-refractivity contribution in [2.45, 2.75) is 63.1 Å². The topological polar surface area (TPSA) is 29.5 Å². The number of hydrogen-bond acceptors (Lipinski definition) is 3. The summed E-state index contributed by atoms with van der Waals surface area (Å²) >= 11 is 0. The van der Waals surface area contributed by atoms with Gasteiger partial charge in [0, 0.05) is 5.54 Å². The van der Waals surface area contributed by atoms with Gasteiger partial charge in [-0.25, -0.2) is 0 Å². The molecule has 2 atom stereocenters. The van der Waals surface area contributed by atoms with Gasteiger partial charge in [-0.2, -0.15) is 0 Å². The van der Waals surface area contributed by atoms with E-state index in [-0.39, 0.29) is 16.6 Å². The number of nitrogens with zero attached hydrogens (tertiary/aromatic N) is 1. The van der Waals surface area contributed by atoms with Gasteiger partial charge in [0.15, 0.2) is 0 Å². The number of carbonyl (C=O) groups excluding carboxylic acids is 1. The van der Waals surface area contributed by atoms with E-state index in [4.69, 9.17) is 4.43 Å². The molecule has 154 valence electrons. The number of benzene rings is 2. The van der Waals surface area contributed by atoms with Gasteiger partial charge in [0.25, 0.3) is 8.32 Å². The normalized spacial score (nSPS) is 25.1. The molecule has 4 rings (SSSR count). The van der Waals surface area contributed by atoms with Crippen LogP contribution in [0.5, 0.6) is 0 Å². The Hall–Kier alpha value is -1.75. The van der Waals surface area contributed by atoms with Gasteiger partial charge in [0.1, 0.15) is 6.29 Å². The zero-order valence-electron chi connectivity index (χ0n) is 17.9. The predicted octanol–water partition coefficient (Wildman–Crippen LogP) is 3.76. The first-order chi connectivity index (χ1) is 13.9. The third-order valence-corrected chi connectivity index (χ3v) is 12.1. The lowest BCUT2D eigenvalue weighted by Gasteiger charge is -2.46. The van der Waals surface area contributed by atoms with E-state index in [0.717, 1.165) is 38.5 Å². The number of aldehydes is 1. The highest BCUT2D eigenvalue weighted by Gasteiger charge is 2.54. The molecular weight excluding hydrogens is 374 g/mol. The molecule has 0 spiro atoms. The molecule has 2 aromatic rings. The summed E-state index contributed by atoms with van der Waals surface area (Å²) < 4.78 is 7.23. The average molecular weight is 408 g/mol. The van der Waals surface area contributed by atoms with E-state index in [1.807, 2.05) is 0 Å². The van der Waals surface area contributed by atoms with E-state index in [2.05, 4.69) is 86.3 Å². The van der Waals surface area contributed by atoms with Crippen LogP contribution in [0.25, 0.3) is 0 Å². The smallest absolute Gasteiger partial charge is 0.261 e. The van der Waals surface area contributed by atoms with Crippen molar-refractivity contribution in [1.82, 2.24) is 4.90 Å². The number of carbonyl (C=O) groups is 1. The Balaban J connectivity index is 1.77. The molecule has 2 fully saturated rings. The van der Waals surface area contributed by atoms with Crippen LogP contribution in [0.2, 0.25) is 5.04 Å². The van der Waals surface area contributed by atoms with Crippen LogP contribution in [0.4, 0.5) is 0 Å². The second-order valence-electron chi connectivity index (χ2n) is 9.72. The van der Waals surface area contributed by atoms with E-state index >= 15 is 0 Å². The Labute approximate surface area is 176 Å². The summed E-state index contributed by atoms with van der Waals surface area (Å²) in [5.74, 6) is 0.